The average molecular weight is 354 g/mol. The van der Waals surface area contributed by atoms with E-state index in [0.29, 0.717) is 33.9 Å². The number of aromatic nitrogens is 2. The Labute approximate surface area is 128 Å². The van der Waals surface area contributed by atoms with Crippen molar-refractivity contribution >= 4 is 27.4 Å². The number of nitrogen functional groups attached to an aromatic ring is 1. The van der Waals surface area contributed by atoms with E-state index in [9.17, 15) is 10.1 Å². The topological polar surface area (TPSA) is 116 Å². The molecule has 0 atom stereocenters. The number of nitrogens with zero attached hydrogens (tertiary/aromatic N) is 3. The molecule has 8 nitrogen and oxygen atoms in total. The van der Waals surface area contributed by atoms with E-state index in [2.05, 4.69) is 31.3 Å². The quantitative estimate of drug-likeness (QED) is 0.482. The summed E-state index contributed by atoms with van der Waals surface area (Å²) < 4.78 is 6.17. The van der Waals surface area contributed by atoms with Gasteiger partial charge in [-0.15, -0.1) is 0 Å². The molecule has 0 radical (unpaired) electrons. The molecule has 9 heteroatoms. The van der Waals surface area contributed by atoms with Gasteiger partial charge in [-0.2, -0.15) is 0 Å². The van der Waals surface area contributed by atoms with E-state index >= 15 is 0 Å². The van der Waals surface area contributed by atoms with Crippen LogP contribution in [0.25, 0.3) is 0 Å². The number of hydrogen-bond donors (Lipinski definition) is 2. The number of ether oxygens (including phenoxy) is 1. The predicted molar refractivity (Wildman–Crippen MR) is 80.1 cm³/mol. The van der Waals surface area contributed by atoms with Gasteiger partial charge in [0.05, 0.1) is 16.6 Å². The highest BCUT2D eigenvalue weighted by molar-refractivity contribution is 9.10. The van der Waals surface area contributed by atoms with Gasteiger partial charge in [-0.1, -0.05) is 22.9 Å². The Hall–Kier alpha value is -2.26. The molecule has 0 spiro atoms. The molecule has 0 saturated heterocycles. The monoisotopic (exact) mass is 353 g/mol. The molecule has 1 aromatic carbocycles. The van der Waals surface area contributed by atoms with E-state index in [1.807, 2.05) is 6.92 Å². The molecule has 0 aliphatic rings. The fraction of sp³-hybridized carbons (Fsp3) is 0.167. The summed E-state index contributed by atoms with van der Waals surface area (Å²) in [7, 11) is 0. The molecule has 2 rings (SSSR count). The molecule has 0 fully saturated rings. The number of nitrogens with one attached hydrogen (secondary N) is 1. The molecule has 0 bridgehead atoms. The summed E-state index contributed by atoms with van der Waals surface area (Å²) in [6.45, 7) is 1.90. The highest BCUT2D eigenvalue weighted by Crippen LogP contribution is 2.31. The van der Waals surface area contributed by atoms with Gasteiger partial charge in [-0.3, -0.25) is 10.1 Å². The molecule has 110 valence electrons. The smallest absolute Gasteiger partial charge is 0.274 e. The molecular formula is C12H12BrN5O3. The van der Waals surface area contributed by atoms with E-state index in [1.165, 1.54) is 18.5 Å². The molecule has 0 aliphatic carbocycles. The van der Waals surface area contributed by atoms with Crippen LogP contribution in [0.3, 0.4) is 0 Å². The van der Waals surface area contributed by atoms with Gasteiger partial charge in [0, 0.05) is 10.5 Å². The van der Waals surface area contributed by atoms with Crippen molar-refractivity contribution in [2.75, 3.05) is 5.43 Å². The SMILES string of the molecule is CCc1c(NN)ncnc1Oc1cc(Br)cc([N+](=O)[O-])c1. The third-order valence-electron chi connectivity index (χ3n) is 2.68. The van der Waals surface area contributed by atoms with Gasteiger partial charge in [-0.05, 0) is 12.5 Å². The summed E-state index contributed by atoms with van der Waals surface area (Å²) in [5, 5.41) is 10.9. The number of halogens is 1. The van der Waals surface area contributed by atoms with Crippen LogP contribution in [0.2, 0.25) is 0 Å². The Morgan fingerprint density at radius 3 is 2.81 bits per heavy atom. The van der Waals surface area contributed by atoms with Crippen LogP contribution in [0.5, 0.6) is 11.6 Å². The molecule has 1 aromatic heterocycles. The summed E-state index contributed by atoms with van der Waals surface area (Å²) in [5.74, 6) is 6.43. The van der Waals surface area contributed by atoms with Crippen molar-refractivity contribution in [2.24, 2.45) is 5.84 Å². The number of anilines is 1. The number of nitro groups is 1. The molecule has 2 aromatic rings. The Kier molecular flexibility index (Phi) is 4.66. The maximum Gasteiger partial charge on any atom is 0.274 e. The van der Waals surface area contributed by atoms with Gasteiger partial charge in [0.25, 0.3) is 5.69 Å². The van der Waals surface area contributed by atoms with Crippen molar-refractivity contribution in [3.63, 3.8) is 0 Å². The van der Waals surface area contributed by atoms with Crippen molar-refractivity contribution in [2.45, 2.75) is 13.3 Å². The first-order valence-corrected chi connectivity index (χ1v) is 6.77. The van der Waals surface area contributed by atoms with Gasteiger partial charge < -0.3 is 10.2 Å². The first-order chi connectivity index (χ1) is 10.0. The third kappa shape index (κ3) is 3.44. The summed E-state index contributed by atoms with van der Waals surface area (Å²) in [6.07, 6.45) is 1.89. The largest absolute Gasteiger partial charge is 0.438 e. The lowest BCUT2D eigenvalue weighted by molar-refractivity contribution is -0.385. The molecule has 0 amide bonds. The van der Waals surface area contributed by atoms with Crippen LogP contribution in [0, 0.1) is 10.1 Å². The van der Waals surface area contributed by atoms with E-state index in [1.54, 1.807) is 6.07 Å². The predicted octanol–water partition coefficient (Wildman–Crippen LogP) is 2.79. The van der Waals surface area contributed by atoms with Crippen LogP contribution in [0.1, 0.15) is 12.5 Å². The maximum absolute atomic E-state index is 10.9. The lowest BCUT2D eigenvalue weighted by atomic mass is 10.2. The van der Waals surface area contributed by atoms with Gasteiger partial charge in [0.2, 0.25) is 5.88 Å². The summed E-state index contributed by atoms with van der Waals surface area (Å²) >= 11 is 3.21. The molecular weight excluding hydrogens is 342 g/mol. The second-order valence-corrected chi connectivity index (χ2v) is 4.92. The number of hydrazine groups is 1. The first kappa shape index (κ1) is 15.1. The zero-order valence-electron chi connectivity index (χ0n) is 11.0. The second kappa shape index (κ2) is 6.46. The van der Waals surface area contributed by atoms with Crippen LogP contribution >= 0.6 is 15.9 Å². The first-order valence-electron chi connectivity index (χ1n) is 5.98. The van der Waals surface area contributed by atoms with Crippen molar-refractivity contribution in [3.8, 4) is 11.6 Å². The van der Waals surface area contributed by atoms with Crippen molar-refractivity contribution in [3.05, 3.63) is 44.7 Å². The summed E-state index contributed by atoms with van der Waals surface area (Å²) in [4.78, 5) is 18.4. The molecule has 1 heterocycles. The lowest BCUT2D eigenvalue weighted by Crippen LogP contribution is -2.12. The van der Waals surface area contributed by atoms with Gasteiger partial charge in [0.1, 0.15) is 17.9 Å². The highest BCUT2D eigenvalue weighted by atomic mass is 79.9. The van der Waals surface area contributed by atoms with Gasteiger partial charge in [0.15, 0.2) is 0 Å². The minimum atomic E-state index is -0.495. The number of benzene rings is 1. The Morgan fingerprint density at radius 1 is 1.43 bits per heavy atom. The molecule has 0 unspecified atom stereocenters. The van der Waals surface area contributed by atoms with Crippen molar-refractivity contribution in [1.29, 1.82) is 0 Å². The number of nitrogens with two attached hydrogens (primary N) is 1. The van der Waals surface area contributed by atoms with E-state index < -0.39 is 4.92 Å². The zero-order valence-corrected chi connectivity index (χ0v) is 12.6. The van der Waals surface area contributed by atoms with E-state index in [0.717, 1.165) is 0 Å². The fourth-order valence-electron chi connectivity index (χ4n) is 1.75. The van der Waals surface area contributed by atoms with Crippen LogP contribution < -0.4 is 16.0 Å². The van der Waals surface area contributed by atoms with Crippen LogP contribution in [-0.2, 0) is 6.42 Å². The number of non-ortho nitro benzene ring substituents is 1. The number of rotatable bonds is 5. The van der Waals surface area contributed by atoms with Crippen LogP contribution in [-0.4, -0.2) is 14.9 Å². The molecule has 3 N–H and O–H groups in total. The van der Waals surface area contributed by atoms with Crippen molar-refractivity contribution in [1.82, 2.24) is 9.97 Å². The standard InChI is InChI=1S/C12H12BrN5O3/c1-2-10-11(17-14)15-6-16-12(10)21-9-4-7(13)3-8(5-9)18(19)20/h3-6H,2,14H2,1H3,(H,15,16,17). The van der Waals surface area contributed by atoms with Gasteiger partial charge in [-0.25, -0.2) is 15.8 Å². The minimum absolute atomic E-state index is 0.0800. The van der Waals surface area contributed by atoms with Crippen molar-refractivity contribution < 1.29 is 9.66 Å². The normalized spacial score (nSPS) is 10.2. The van der Waals surface area contributed by atoms with E-state index in [4.69, 9.17) is 10.6 Å². The number of hydrogen-bond acceptors (Lipinski definition) is 7. The van der Waals surface area contributed by atoms with Crippen LogP contribution in [0.15, 0.2) is 29.0 Å². The van der Waals surface area contributed by atoms with E-state index in [-0.39, 0.29) is 5.69 Å². The fourth-order valence-corrected chi connectivity index (χ4v) is 2.21. The Bertz CT molecular complexity index is 680. The summed E-state index contributed by atoms with van der Waals surface area (Å²) in [5.41, 5.74) is 3.07. The molecule has 0 aliphatic heterocycles. The highest BCUT2D eigenvalue weighted by Gasteiger charge is 2.14. The lowest BCUT2D eigenvalue weighted by Gasteiger charge is -2.11. The Balaban J connectivity index is 2.40. The summed E-state index contributed by atoms with van der Waals surface area (Å²) in [6, 6.07) is 4.33. The maximum atomic E-state index is 10.9. The molecule has 0 saturated carbocycles. The van der Waals surface area contributed by atoms with Crippen LogP contribution in [0.4, 0.5) is 11.5 Å². The number of nitro benzene ring substituents is 1. The molecule has 21 heavy (non-hydrogen) atoms. The zero-order chi connectivity index (χ0) is 15.4. The Morgan fingerprint density at radius 2 is 2.19 bits per heavy atom. The average Bonchev–Trinajstić information content (AvgIpc) is 2.46. The minimum Gasteiger partial charge on any atom is -0.438 e. The second-order valence-electron chi connectivity index (χ2n) is 4.01. The third-order valence-corrected chi connectivity index (χ3v) is 3.14. The van der Waals surface area contributed by atoms with Gasteiger partial charge >= 0.3 is 0 Å².